The number of nitro benzene ring substituents is 1. The number of nitrogens with zero attached hydrogens (tertiary/aromatic N) is 3. The summed E-state index contributed by atoms with van der Waals surface area (Å²) in [6, 6.07) is 5.56. The van der Waals surface area contributed by atoms with Crippen LogP contribution < -0.4 is 5.32 Å². The van der Waals surface area contributed by atoms with Gasteiger partial charge in [-0.3, -0.25) is 20.2 Å². The van der Waals surface area contributed by atoms with Gasteiger partial charge in [0.25, 0.3) is 11.6 Å². The summed E-state index contributed by atoms with van der Waals surface area (Å²) in [5.41, 5.74) is 0.502. The van der Waals surface area contributed by atoms with E-state index >= 15 is 0 Å². The number of aromatic nitrogens is 2. The van der Waals surface area contributed by atoms with Crippen molar-refractivity contribution < 1.29 is 9.72 Å². The van der Waals surface area contributed by atoms with Crippen molar-refractivity contribution in [3.63, 3.8) is 0 Å². The van der Waals surface area contributed by atoms with Crippen LogP contribution in [0.5, 0.6) is 0 Å². The van der Waals surface area contributed by atoms with E-state index in [1.807, 2.05) is 0 Å². The fourth-order valence-electron chi connectivity index (χ4n) is 5.76. The second-order valence-electron chi connectivity index (χ2n) is 8.37. The van der Waals surface area contributed by atoms with E-state index in [4.69, 9.17) is 0 Å². The van der Waals surface area contributed by atoms with Crippen LogP contribution in [0.3, 0.4) is 0 Å². The lowest BCUT2D eigenvalue weighted by molar-refractivity contribution is -0.384. The smallest absolute Gasteiger partial charge is 0.269 e. The lowest BCUT2D eigenvalue weighted by Crippen LogP contribution is -2.48. The first kappa shape index (κ1) is 16.8. The first-order valence-corrected chi connectivity index (χ1v) is 10.2. The molecule has 4 aliphatic carbocycles. The van der Waals surface area contributed by atoms with Crippen LogP contribution in [0.25, 0.3) is 0 Å². The van der Waals surface area contributed by atoms with Gasteiger partial charge in [-0.2, -0.15) is 0 Å². The monoisotopic (exact) mass is 384 g/mol. The summed E-state index contributed by atoms with van der Waals surface area (Å²) in [4.78, 5) is 22.7. The molecule has 0 aliphatic heterocycles. The molecule has 0 atom stereocenters. The summed E-state index contributed by atoms with van der Waals surface area (Å²) in [6.07, 6.45) is 7.77. The predicted octanol–water partition coefficient (Wildman–Crippen LogP) is 4.17. The third-order valence-electron chi connectivity index (χ3n) is 6.48. The van der Waals surface area contributed by atoms with E-state index in [9.17, 15) is 14.9 Å². The van der Waals surface area contributed by atoms with Gasteiger partial charge in [0.15, 0.2) is 0 Å². The molecule has 27 heavy (non-hydrogen) atoms. The Bertz CT molecular complexity index is 873. The predicted molar refractivity (Wildman–Crippen MR) is 101 cm³/mol. The number of rotatable bonds is 4. The molecule has 7 nitrogen and oxygen atoms in total. The van der Waals surface area contributed by atoms with Crippen molar-refractivity contribution in [1.29, 1.82) is 0 Å². The van der Waals surface area contributed by atoms with Gasteiger partial charge < -0.3 is 0 Å². The normalized spacial score (nSPS) is 31.0. The number of anilines is 1. The number of hydrogen-bond donors (Lipinski definition) is 1. The maximum absolute atomic E-state index is 12.4. The average molecular weight is 384 g/mol. The minimum Gasteiger partial charge on any atom is -0.296 e. The number of benzene rings is 1. The highest BCUT2D eigenvalue weighted by Crippen LogP contribution is 2.61. The zero-order chi connectivity index (χ0) is 18.6. The highest BCUT2D eigenvalue weighted by atomic mass is 32.1. The van der Waals surface area contributed by atoms with Crippen LogP contribution in [0.15, 0.2) is 24.3 Å². The van der Waals surface area contributed by atoms with Gasteiger partial charge in [-0.25, -0.2) is 0 Å². The quantitative estimate of drug-likeness (QED) is 0.630. The molecule has 1 N–H and O–H groups in total. The van der Waals surface area contributed by atoms with Crippen molar-refractivity contribution in [2.45, 2.75) is 43.9 Å². The Morgan fingerprint density at radius 2 is 1.67 bits per heavy atom. The van der Waals surface area contributed by atoms with E-state index in [-0.39, 0.29) is 17.0 Å². The van der Waals surface area contributed by atoms with Gasteiger partial charge in [0, 0.05) is 23.1 Å². The zero-order valence-electron chi connectivity index (χ0n) is 14.8. The summed E-state index contributed by atoms with van der Waals surface area (Å²) in [6.45, 7) is 0. The van der Waals surface area contributed by atoms with Crippen LogP contribution in [0.2, 0.25) is 0 Å². The molecular weight excluding hydrogens is 364 g/mol. The standard InChI is InChI=1S/C19H20N4O3S/c24-16(14-1-3-15(4-2-14)23(25)26)20-18-22-21-17(27-18)19-8-11-5-12(9-19)7-13(6-11)10-19/h1-4,11-13H,5-10H2,(H,20,22,24). The number of nitrogens with one attached hydrogen (secondary N) is 1. The Kier molecular flexibility index (Phi) is 3.79. The maximum Gasteiger partial charge on any atom is 0.269 e. The van der Waals surface area contributed by atoms with Crippen LogP contribution >= 0.6 is 11.3 Å². The lowest BCUT2D eigenvalue weighted by atomic mass is 9.50. The molecule has 1 heterocycles. The number of hydrogen-bond acceptors (Lipinski definition) is 6. The molecule has 2 aromatic rings. The Labute approximate surface area is 160 Å². The molecule has 8 heteroatoms. The summed E-state index contributed by atoms with van der Waals surface area (Å²) in [5, 5.41) is 23.8. The first-order chi connectivity index (χ1) is 13.0. The molecule has 4 bridgehead atoms. The van der Waals surface area contributed by atoms with Crippen molar-refractivity contribution in [3.05, 3.63) is 45.0 Å². The Morgan fingerprint density at radius 1 is 1.07 bits per heavy atom. The van der Waals surface area contributed by atoms with Gasteiger partial charge in [-0.05, 0) is 68.4 Å². The molecule has 140 valence electrons. The highest BCUT2D eigenvalue weighted by molar-refractivity contribution is 7.15. The first-order valence-electron chi connectivity index (χ1n) is 9.40. The van der Waals surface area contributed by atoms with Crippen LogP contribution in [0.4, 0.5) is 10.8 Å². The third kappa shape index (κ3) is 2.92. The summed E-state index contributed by atoms with van der Waals surface area (Å²) < 4.78 is 0. The van der Waals surface area contributed by atoms with E-state index in [1.54, 1.807) is 0 Å². The fraction of sp³-hybridized carbons (Fsp3) is 0.526. The number of amides is 1. The molecule has 0 saturated heterocycles. The fourth-order valence-corrected chi connectivity index (χ4v) is 6.72. The van der Waals surface area contributed by atoms with Crippen molar-refractivity contribution in [1.82, 2.24) is 10.2 Å². The third-order valence-corrected chi connectivity index (χ3v) is 7.56. The largest absolute Gasteiger partial charge is 0.296 e. The van der Waals surface area contributed by atoms with Crippen molar-refractivity contribution in [2.75, 3.05) is 5.32 Å². The second-order valence-corrected chi connectivity index (χ2v) is 9.35. The summed E-state index contributed by atoms with van der Waals surface area (Å²) in [7, 11) is 0. The number of carbonyl (C=O) groups excluding carboxylic acids is 1. The van der Waals surface area contributed by atoms with Gasteiger partial charge in [0.05, 0.1) is 4.92 Å². The van der Waals surface area contributed by atoms with Crippen LogP contribution in [0, 0.1) is 27.9 Å². The topological polar surface area (TPSA) is 98.0 Å². The minimum absolute atomic E-state index is 0.0356. The minimum atomic E-state index is -0.482. The van der Waals surface area contributed by atoms with Gasteiger partial charge >= 0.3 is 0 Å². The van der Waals surface area contributed by atoms with E-state index < -0.39 is 4.92 Å². The van der Waals surface area contributed by atoms with Crippen molar-refractivity contribution >= 4 is 28.1 Å². The number of non-ortho nitro benzene ring substituents is 1. The van der Waals surface area contributed by atoms with Crippen molar-refractivity contribution in [3.8, 4) is 0 Å². The van der Waals surface area contributed by atoms with Gasteiger partial charge in [0.2, 0.25) is 5.13 Å². The zero-order valence-corrected chi connectivity index (χ0v) is 15.6. The number of carbonyl (C=O) groups is 1. The van der Waals surface area contributed by atoms with Crippen LogP contribution in [-0.4, -0.2) is 21.0 Å². The Balaban J connectivity index is 1.32. The summed E-state index contributed by atoms with van der Waals surface area (Å²) in [5.74, 6) is 2.17. The highest BCUT2D eigenvalue weighted by Gasteiger charge is 2.53. The van der Waals surface area contributed by atoms with E-state index in [2.05, 4.69) is 15.5 Å². The van der Waals surface area contributed by atoms with Gasteiger partial charge in [-0.1, -0.05) is 11.3 Å². The van der Waals surface area contributed by atoms with Gasteiger partial charge in [-0.15, -0.1) is 10.2 Å². The SMILES string of the molecule is O=C(Nc1nnc(C23CC4CC(CC(C4)C2)C3)s1)c1ccc([N+](=O)[O-])cc1. The molecule has 4 saturated carbocycles. The van der Waals surface area contributed by atoms with E-state index in [1.165, 1.54) is 74.1 Å². The summed E-state index contributed by atoms with van der Waals surface area (Å²) >= 11 is 1.49. The molecule has 0 unspecified atom stereocenters. The Hall–Kier alpha value is -2.35. The van der Waals surface area contributed by atoms with Gasteiger partial charge in [0.1, 0.15) is 5.01 Å². The molecule has 1 aromatic carbocycles. The molecule has 1 aromatic heterocycles. The molecule has 4 fully saturated rings. The van der Waals surface area contributed by atoms with Crippen molar-refractivity contribution in [2.24, 2.45) is 17.8 Å². The van der Waals surface area contributed by atoms with E-state index in [0.29, 0.717) is 10.7 Å². The molecule has 1 amide bonds. The second kappa shape index (κ2) is 6.09. The molecule has 0 radical (unpaired) electrons. The lowest BCUT2D eigenvalue weighted by Gasteiger charge is -2.55. The average Bonchev–Trinajstić information content (AvgIpc) is 3.10. The Morgan fingerprint density at radius 3 is 2.22 bits per heavy atom. The van der Waals surface area contributed by atoms with Crippen LogP contribution in [0.1, 0.15) is 53.9 Å². The number of nitro groups is 1. The molecular formula is C19H20N4O3S. The van der Waals surface area contributed by atoms with E-state index in [0.717, 1.165) is 22.8 Å². The van der Waals surface area contributed by atoms with Crippen LogP contribution in [-0.2, 0) is 5.41 Å². The molecule has 4 aliphatic rings. The maximum atomic E-state index is 12.4. The molecule has 6 rings (SSSR count). The molecule has 0 spiro atoms.